The van der Waals surface area contributed by atoms with Crippen molar-refractivity contribution >= 4 is 27.3 Å². The van der Waals surface area contributed by atoms with Crippen molar-refractivity contribution in [2.24, 2.45) is 5.73 Å². The molecular weight excluding hydrogens is 346 g/mol. The molecule has 2 aliphatic rings. The van der Waals surface area contributed by atoms with Crippen molar-refractivity contribution in [3.63, 3.8) is 0 Å². The summed E-state index contributed by atoms with van der Waals surface area (Å²) in [7, 11) is 0. The molecule has 1 unspecified atom stereocenters. The van der Waals surface area contributed by atoms with Crippen molar-refractivity contribution in [3.05, 3.63) is 20.8 Å². The summed E-state index contributed by atoms with van der Waals surface area (Å²) in [4.78, 5) is 6.74. The second kappa shape index (κ2) is 7.55. The summed E-state index contributed by atoms with van der Waals surface area (Å²) in [6.45, 7) is 5.75. The van der Waals surface area contributed by atoms with Crippen LogP contribution >= 0.6 is 27.3 Å². The van der Waals surface area contributed by atoms with Gasteiger partial charge in [0, 0.05) is 40.4 Å². The van der Waals surface area contributed by atoms with E-state index in [9.17, 15) is 0 Å². The Morgan fingerprint density at radius 2 is 1.90 bits per heavy atom. The minimum absolute atomic E-state index is 0.406. The molecule has 3 heterocycles. The van der Waals surface area contributed by atoms with Crippen LogP contribution in [0.5, 0.6) is 0 Å². The molecule has 0 aliphatic carbocycles. The van der Waals surface area contributed by atoms with Crippen LogP contribution in [0.25, 0.3) is 0 Å². The number of hydrogen-bond acceptors (Lipinski definition) is 4. The van der Waals surface area contributed by atoms with E-state index < -0.39 is 0 Å². The summed E-state index contributed by atoms with van der Waals surface area (Å²) in [5.74, 6) is 0. The monoisotopic (exact) mass is 371 g/mol. The Labute approximate surface area is 140 Å². The van der Waals surface area contributed by atoms with Crippen molar-refractivity contribution < 1.29 is 0 Å². The summed E-state index contributed by atoms with van der Waals surface area (Å²) in [5, 5.41) is 2.17. The molecule has 1 atom stereocenters. The van der Waals surface area contributed by atoms with Gasteiger partial charge in [0.25, 0.3) is 0 Å². The van der Waals surface area contributed by atoms with Crippen molar-refractivity contribution in [2.75, 3.05) is 32.7 Å². The summed E-state index contributed by atoms with van der Waals surface area (Å²) < 4.78 is 1.18. The van der Waals surface area contributed by atoms with Gasteiger partial charge < -0.3 is 10.6 Å². The van der Waals surface area contributed by atoms with Crippen LogP contribution in [0, 0.1) is 0 Å². The van der Waals surface area contributed by atoms with E-state index >= 15 is 0 Å². The Morgan fingerprint density at radius 3 is 2.48 bits per heavy atom. The number of likely N-dealkylation sites (tertiary alicyclic amines) is 2. The quantitative estimate of drug-likeness (QED) is 0.879. The molecule has 0 bridgehead atoms. The van der Waals surface area contributed by atoms with E-state index in [2.05, 4.69) is 37.2 Å². The lowest BCUT2D eigenvalue weighted by Gasteiger charge is -2.42. The topological polar surface area (TPSA) is 32.5 Å². The SMILES string of the molecule is NCC(c1cc(Br)cs1)N1CCC(N2CCCCC2)CC1. The Morgan fingerprint density at radius 1 is 1.19 bits per heavy atom. The maximum absolute atomic E-state index is 6.06. The van der Waals surface area contributed by atoms with Crippen molar-refractivity contribution in [1.29, 1.82) is 0 Å². The Hall–Kier alpha value is 0.0600. The normalized spacial score (nSPS) is 24.3. The van der Waals surface area contributed by atoms with Crippen molar-refractivity contribution in [2.45, 2.75) is 44.2 Å². The highest BCUT2D eigenvalue weighted by Gasteiger charge is 2.29. The van der Waals surface area contributed by atoms with E-state index in [1.54, 1.807) is 0 Å². The molecule has 0 amide bonds. The van der Waals surface area contributed by atoms with Crippen LogP contribution < -0.4 is 5.73 Å². The highest BCUT2D eigenvalue weighted by molar-refractivity contribution is 9.10. The minimum atomic E-state index is 0.406. The summed E-state index contributed by atoms with van der Waals surface area (Å²) in [5.41, 5.74) is 6.06. The third-order valence-electron chi connectivity index (χ3n) is 4.99. The second-order valence-electron chi connectivity index (χ2n) is 6.28. The van der Waals surface area contributed by atoms with Gasteiger partial charge in [-0.1, -0.05) is 6.42 Å². The second-order valence-corrected chi connectivity index (χ2v) is 8.14. The molecule has 1 aromatic heterocycles. The number of thiophene rings is 1. The molecule has 2 saturated heterocycles. The van der Waals surface area contributed by atoms with E-state index in [1.165, 1.54) is 67.6 Å². The smallest absolute Gasteiger partial charge is 0.0564 e. The predicted molar refractivity (Wildman–Crippen MR) is 93.8 cm³/mol. The molecule has 2 N–H and O–H groups in total. The molecule has 3 nitrogen and oxygen atoms in total. The van der Waals surface area contributed by atoms with Crippen LogP contribution in [0.1, 0.15) is 43.0 Å². The molecule has 0 spiro atoms. The zero-order valence-corrected chi connectivity index (χ0v) is 15.0. The van der Waals surface area contributed by atoms with Gasteiger partial charge in [0.1, 0.15) is 0 Å². The maximum Gasteiger partial charge on any atom is 0.0564 e. The Kier molecular flexibility index (Phi) is 5.73. The summed E-state index contributed by atoms with van der Waals surface area (Å²) >= 11 is 5.39. The largest absolute Gasteiger partial charge is 0.329 e. The first-order valence-corrected chi connectivity index (χ1v) is 9.87. The third kappa shape index (κ3) is 3.88. The molecule has 0 aromatic carbocycles. The first kappa shape index (κ1) is 15.9. The molecule has 1 aromatic rings. The molecule has 3 rings (SSSR count). The molecule has 5 heteroatoms. The van der Waals surface area contributed by atoms with Gasteiger partial charge in [-0.25, -0.2) is 0 Å². The fourth-order valence-corrected chi connectivity index (χ4v) is 5.39. The number of halogens is 1. The molecule has 2 fully saturated rings. The fourth-order valence-electron chi connectivity index (χ4n) is 3.79. The lowest BCUT2D eigenvalue weighted by Crippen LogP contribution is -2.48. The molecule has 0 saturated carbocycles. The van der Waals surface area contributed by atoms with Crippen LogP contribution in [0.2, 0.25) is 0 Å². The Bertz CT molecular complexity index is 436. The van der Waals surface area contributed by atoms with Gasteiger partial charge in [0.15, 0.2) is 0 Å². The summed E-state index contributed by atoms with van der Waals surface area (Å²) in [6, 6.07) is 3.46. The van der Waals surface area contributed by atoms with Crippen LogP contribution in [-0.4, -0.2) is 48.6 Å². The van der Waals surface area contributed by atoms with E-state index in [0.717, 1.165) is 12.6 Å². The molecule has 118 valence electrons. The van der Waals surface area contributed by atoms with Crippen molar-refractivity contribution in [1.82, 2.24) is 9.80 Å². The average Bonchev–Trinajstić information content (AvgIpc) is 2.96. The van der Waals surface area contributed by atoms with Gasteiger partial charge in [0.05, 0.1) is 6.04 Å². The average molecular weight is 372 g/mol. The van der Waals surface area contributed by atoms with E-state index in [4.69, 9.17) is 5.73 Å². The van der Waals surface area contributed by atoms with Crippen LogP contribution in [0.3, 0.4) is 0 Å². The Balaban J connectivity index is 1.56. The highest BCUT2D eigenvalue weighted by atomic mass is 79.9. The van der Waals surface area contributed by atoms with Gasteiger partial charge in [-0.05, 0) is 60.8 Å². The fraction of sp³-hybridized carbons (Fsp3) is 0.750. The maximum atomic E-state index is 6.06. The number of hydrogen-bond donors (Lipinski definition) is 1. The van der Waals surface area contributed by atoms with Gasteiger partial charge in [-0.3, -0.25) is 4.90 Å². The number of nitrogens with zero attached hydrogens (tertiary/aromatic N) is 2. The van der Waals surface area contributed by atoms with E-state index in [1.807, 2.05) is 11.3 Å². The lowest BCUT2D eigenvalue weighted by atomic mass is 9.98. The van der Waals surface area contributed by atoms with Gasteiger partial charge >= 0.3 is 0 Å². The first-order chi connectivity index (χ1) is 10.3. The zero-order valence-electron chi connectivity index (χ0n) is 12.6. The number of nitrogens with two attached hydrogens (primary N) is 1. The van der Waals surface area contributed by atoms with Gasteiger partial charge in [0.2, 0.25) is 0 Å². The van der Waals surface area contributed by atoms with Gasteiger partial charge in [-0.15, -0.1) is 11.3 Å². The summed E-state index contributed by atoms with van der Waals surface area (Å²) in [6.07, 6.45) is 6.84. The van der Waals surface area contributed by atoms with Crippen LogP contribution in [0.15, 0.2) is 15.9 Å². The van der Waals surface area contributed by atoms with E-state index in [-0.39, 0.29) is 0 Å². The molecule has 2 aliphatic heterocycles. The van der Waals surface area contributed by atoms with Gasteiger partial charge in [-0.2, -0.15) is 0 Å². The first-order valence-electron chi connectivity index (χ1n) is 8.20. The number of piperidine rings is 2. The standard InChI is InChI=1S/C16H26BrN3S/c17-13-10-16(21-12-13)15(11-18)20-8-4-14(5-9-20)19-6-2-1-3-7-19/h10,12,14-15H,1-9,11,18H2. The molecule has 21 heavy (non-hydrogen) atoms. The van der Waals surface area contributed by atoms with Crippen molar-refractivity contribution in [3.8, 4) is 0 Å². The highest BCUT2D eigenvalue weighted by Crippen LogP contribution is 2.31. The van der Waals surface area contributed by atoms with E-state index in [0.29, 0.717) is 6.04 Å². The predicted octanol–water partition coefficient (Wildman–Crippen LogP) is 3.46. The minimum Gasteiger partial charge on any atom is -0.329 e. The zero-order chi connectivity index (χ0) is 14.7. The van der Waals surface area contributed by atoms with Crippen LogP contribution in [0.4, 0.5) is 0 Å². The lowest BCUT2D eigenvalue weighted by molar-refractivity contribution is 0.0743. The molecular formula is C16H26BrN3S. The molecule has 0 radical (unpaired) electrons. The number of rotatable bonds is 4. The third-order valence-corrected chi connectivity index (χ3v) is 6.78. The van der Waals surface area contributed by atoms with Crippen LogP contribution in [-0.2, 0) is 0 Å².